The summed E-state index contributed by atoms with van der Waals surface area (Å²) in [7, 11) is 0. The van der Waals surface area contributed by atoms with E-state index >= 15 is 0 Å². The Morgan fingerprint density at radius 2 is 1.14 bits per heavy atom. The van der Waals surface area contributed by atoms with Crippen LogP contribution in [-0.2, 0) is 21.4 Å². The number of aryl methyl sites for hydroxylation is 1. The van der Waals surface area contributed by atoms with E-state index in [0.717, 1.165) is 49.7 Å². The Morgan fingerprint density at radius 3 is 1.64 bits per heavy atom. The molecule has 7 nitrogen and oxygen atoms in total. The predicted molar refractivity (Wildman–Crippen MR) is 243 cm³/mol. The molecule has 7 heteroatoms. The van der Waals surface area contributed by atoms with Gasteiger partial charge in [0.15, 0.2) is 6.10 Å². The molecule has 0 saturated heterocycles. The maximum absolute atomic E-state index is 14.3. The van der Waals surface area contributed by atoms with Gasteiger partial charge in [0.25, 0.3) is 11.6 Å². The second-order valence-corrected chi connectivity index (χ2v) is 18.0. The van der Waals surface area contributed by atoms with Crippen LogP contribution in [0.5, 0.6) is 17.2 Å². The smallest absolute Gasteiger partial charge is 0.304 e. The van der Waals surface area contributed by atoms with E-state index in [2.05, 4.69) is 25.2 Å². The van der Waals surface area contributed by atoms with Crippen molar-refractivity contribution >= 4 is 11.8 Å². The van der Waals surface area contributed by atoms with Crippen molar-refractivity contribution in [2.75, 3.05) is 0 Å². The van der Waals surface area contributed by atoms with Crippen LogP contribution in [0.15, 0.2) is 42.5 Å². The van der Waals surface area contributed by atoms with Crippen LogP contribution >= 0.6 is 0 Å². The lowest BCUT2D eigenvalue weighted by atomic mass is 9.86. The molecule has 0 aromatic heterocycles. The number of benzene rings is 2. The maximum Gasteiger partial charge on any atom is 0.304 e. The van der Waals surface area contributed by atoms with Gasteiger partial charge in [-0.1, -0.05) is 195 Å². The standard InChI is InChI=1S/C51H85N2O5/c1-7-10-13-15-17-19-21-22-23-24-26-28-30-33-42-34-32-35-44(40-42)58-51(49(52)56,39-12-9-3)53-48(55)47(36-31-29-27-25-20-18-16-14-11-8-2)57-43-37-38-46(54)45(41-43)50(4,5)6/h32,34-35,37-38,40-41,47,52,54H,7-31,33,36,39H2,1-6H3,(H,53,55). The van der Waals surface area contributed by atoms with E-state index < -0.39 is 23.6 Å². The number of nitrogens with one attached hydrogen (secondary N) is 2. The van der Waals surface area contributed by atoms with Crippen LogP contribution in [0.4, 0.5) is 0 Å². The summed E-state index contributed by atoms with van der Waals surface area (Å²) < 4.78 is 12.8. The van der Waals surface area contributed by atoms with Gasteiger partial charge in [-0.15, -0.1) is 0 Å². The first-order valence-corrected chi connectivity index (χ1v) is 23.8. The van der Waals surface area contributed by atoms with E-state index in [9.17, 15) is 14.7 Å². The highest BCUT2D eigenvalue weighted by Crippen LogP contribution is 2.34. The van der Waals surface area contributed by atoms with Crippen molar-refractivity contribution in [3.8, 4) is 17.2 Å². The molecule has 0 fully saturated rings. The van der Waals surface area contributed by atoms with Crippen molar-refractivity contribution in [3.05, 3.63) is 53.6 Å². The third kappa shape index (κ3) is 21.2. The number of phenols is 1. The van der Waals surface area contributed by atoms with Gasteiger partial charge in [-0.3, -0.25) is 15.3 Å². The lowest BCUT2D eigenvalue weighted by Gasteiger charge is -2.33. The Hall–Kier alpha value is -3.22. The van der Waals surface area contributed by atoms with Gasteiger partial charge in [-0.05, 0) is 73.4 Å². The van der Waals surface area contributed by atoms with Gasteiger partial charge in [0.1, 0.15) is 17.2 Å². The minimum atomic E-state index is -1.84. The molecule has 3 N–H and O–H groups in total. The van der Waals surface area contributed by atoms with Crippen LogP contribution in [-0.4, -0.2) is 28.7 Å². The molecule has 2 aromatic rings. The summed E-state index contributed by atoms with van der Waals surface area (Å²) in [6.45, 7) is 12.6. The summed E-state index contributed by atoms with van der Waals surface area (Å²) in [5.41, 5.74) is 8.12. The highest BCUT2D eigenvalue weighted by molar-refractivity contribution is 5.90. The highest BCUT2D eigenvalue weighted by Gasteiger charge is 2.43. The molecule has 2 unspecified atom stereocenters. The number of phenolic OH excluding ortho intramolecular Hbond substituents is 1. The summed E-state index contributed by atoms with van der Waals surface area (Å²) in [4.78, 5) is 27.6. The molecule has 0 bridgehead atoms. The molecule has 0 heterocycles. The third-order valence-corrected chi connectivity index (χ3v) is 11.5. The van der Waals surface area contributed by atoms with Crippen molar-refractivity contribution < 1.29 is 24.2 Å². The first-order chi connectivity index (χ1) is 28.0. The van der Waals surface area contributed by atoms with Crippen molar-refractivity contribution in [2.45, 2.75) is 239 Å². The Kier molecular flexibility index (Phi) is 26.3. The van der Waals surface area contributed by atoms with Gasteiger partial charge in [0.2, 0.25) is 0 Å². The molecule has 2 amide bonds. The van der Waals surface area contributed by atoms with Crippen LogP contribution in [0, 0.1) is 0 Å². The SMILES string of the molecule is CCCCCCCCCCCCCCCc1cccc(OC(CCCC)(NC(=O)C(CCCCCCCCCCCC)Oc2ccc(O)c(C(C)(C)C)c2)C([NH])=O)c1. The molecule has 2 aromatic carbocycles. The molecule has 58 heavy (non-hydrogen) atoms. The molecule has 1 radical (unpaired) electrons. The average molecular weight is 806 g/mol. The van der Waals surface area contributed by atoms with E-state index in [-0.39, 0.29) is 17.6 Å². The Bertz CT molecular complexity index is 1390. The first-order valence-electron chi connectivity index (χ1n) is 23.8. The fourth-order valence-corrected chi connectivity index (χ4v) is 7.79. The zero-order chi connectivity index (χ0) is 42.5. The third-order valence-electron chi connectivity index (χ3n) is 11.5. The van der Waals surface area contributed by atoms with Crippen LogP contribution in [0.3, 0.4) is 0 Å². The van der Waals surface area contributed by atoms with Gasteiger partial charge >= 0.3 is 5.91 Å². The number of ether oxygens (including phenoxy) is 2. The Labute approximate surface area is 355 Å². The first kappa shape index (κ1) is 50.9. The van der Waals surface area contributed by atoms with E-state index in [4.69, 9.17) is 15.2 Å². The van der Waals surface area contributed by atoms with Crippen molar-refractivity contribution in [1.82, 2.24) is 11.1 Å². The fraction of sp³-hybridized carbons (Fsp3) is 0.725. The summed E-state index contributed by atoms with van der Waals surface area (Å²) in [5, 5.41) is 13.5. The van der Waals surface area contributed by atoms with Crippen molar-refractivity contribution in [3.63, 3.8) is 0 Å². The summed E-state index contributed by atoms with van der Waals surface area (Å²) in [6.07, 6.45) is 30.8. The summed E-state index contributed by atoms with van der Waals surface area (Å²) >= 11 is 0. The number of hydrogen-bond donors (Lipinski definition) is 2. The topological polar surface area (TPSA) is 109 Å². The number of rotatable bonds is 35. The highest BCUT2D eigenvalue weighted by atomic mass is 16.5. The van der Waals surface area contributed by atoms with Crippen LogP contribution in [0.2, 0.25) is 0 Å². The molecule has 0 aliphatic carbocycles. The monoisotopic (exact) mass is 806 g/mol. The number of hydrogen-bond acceptors (Lipinski definition) is 5. The number of carbonyl (C=O) groups is 2. The number of carbonyl (C=O) groups excluding carboxylic acids is 2. The normalized spacial score (nSPS) is 13.2. The molecule has 0 aliphatic heterocycles. The molecular weight excluding hydrogens is 721 g/mol. The molecule has 0 spiro atoms. The van der Waals surface area contributed by atoms with Crippen molar-refractivity contribution in [1.29, 1.82) is 0 Å². The number of amides is 2. The second-order valence-electron chi connectivity index (χ2n) is 18.0. The van der Waals surface area contributed by atoms with Crippen LogP contribution < -0.4 is 20.5 Å². The lowest BCUT2D eigenvalue weighted by molar-refractivity contribution is -0.148. The van der Waals surface area contributed by atoms with Gasteiger partial charge in [0, 0.05) is 12.0 Å². The van der Waals surface area contributed by atoms with E-state index in [0.29, 0.717) is 24.3 Å². The van der Waals surface area contributed by atoms with E-state index in [1.807, 2.05) is 45.9 Å². The largest absolute Gasteiger partial charge is 0.508 e. The van der Waals surface area contributed by atoms with E-state index in [1.54, 1.807) is 18.2 Å². The van der Waals surface area contributed by atoms with Gasteiger partial charge in [0.05, 0.1) is 0 Å². The van der Waals surface area contributed by atoms with Crippen LogP contribution in [0.1, 0.15) is 226 Å². The zero-order valence-corrected chi connectivity index (χ0v) is 38.0. The minimum Gasteiger partial charge on any atom is -0.508 e. The number of unbranched alkanes of at least 4 members (excludes halogenated alkanes) is 22. The Morgan fingerprint density at radius 1 is 0.638 bits per heavy atom. The van der Waals surface area contributed by atoms with Gasteiger partial charge in [-0.25, -0.2) is 0 Å². The lowest BCUT2D eigenvalue weighted by Crippen LogP contribution is -2.61. The van der Waals surface area contributed by atoms with E-state index in [1.165, 1.54) is 122 Å². The molecule has 0 saturated carbocycles. The molecule has 2 rings (SSSR count). The number of aromatic hydroxyl groups is 1. The predicted octanol–water partition coefficient (Wildman–Crippen LogP) is 14.3. The minimum absolute atomic E-state index is 0.179. The second kappa shape index (κ2) is 29.9. The molecule has 329 valence electrons. The Balaban J connectivity index is 2.09. The summed E-state index contributed by atoms with van der Waals surface area (Å²) in [5.74, 6) is -0.314. The quantitative estimate of drug-likeness (QED) is 0.0533. The van der Waals surface area contributed by atoms with Crippen LogP contribution in [0.25, 0.3) is 0 Å². The maximum atomic E-state index is 14.3. The van der Waals surface area contributed by atoms with Crippen molar-refractivity contribution in [2.24, 2.45) is 0 Å². The fourth-order valence-electron chi connectivity index (χ4n) is 7.79. The molecule has 2 atom stereocenters. The molecule has 0 aliphatic rings. The zero-order valence-electron chi connectivity index (χ0n) is 38.0. The summed E-state index contributed by atoms with van der Waals surface area (Å²) in [6, 6.07) is 12.9. The average Bonchev–Trinajstić information content (AvgIpc) is 3.19. The molecular formula is C51H85N2O5. The van der Waals surface area contributed by atoms with Gasteiger partial charge < -0.3 is 19.9 Å². The van der Waals surface area contributed by atoms with Gasteiger partial charge in [-0.2, -0.15) is 0 Å².